The van der Waals surface area contributed by atoms with Crippen LogP contribution in [0.3, 0.4) is 0 Å². The zero-order valence-corrected chi connectivity index (χ0v) is 18.6. The molecule has 31 heavy (non-hydrogen) atoms. The molecule has 0 saturated carbocycles. The third-order valence-corrected chi connectivity index (χ3v) is 6.49. The van der Waals surface area contributed by atoms with Crippen molar-refractivity contribution in [1.82, 2.24) is 9.80 Å². The van der Waals surface area contributed by atoms with E-state index in [0.717, 1.165) is 74.3 Å². The van der Waals surface area contributed by atoms with Gasteiger partial charge in [0.1, 0.15) is 5.75 Å². The van der Waals surface area contributed by atoms with Crippen LogP contribution in [0, 0.1) is 19.8 Å². The van der Waals surface area contributed by atoms with Crippen molar-refractivity contribution < 1.29 is 14.3 Å². The largest absolute Gasteiger partial charge is 0.493 e. The zero-order valence-electron chi connectivity index (χ0n) is 18.6. The van der Waals surface area contributed by atoms with E-state index >= 15 is 0 Å². The van der Waals surface area contributed by atoms with Crippen LogP contribution in [-0.4, -0.2) is 54.4 Å². The molecule has 164 valence electrons. The average molecular weight is 421 g/mol. The number of ether oxygens (including phenoxy) is 1. The highest BCUT2D eigenvalue weighted by Gasteiger charge is 2.25. The predicted molar refractivity (Wildman–Crippen MR) is 122 cm³/mol. The standard InChI is InChI=1S/C26H32N2O3/c1-19-5-10-24(20(2)17-19)26(30)28-15-11-21(12-16-28)18-31-23-8-6-22(7-9-23)25(29)27-13-3-4-14-27/h5-10,17,21H,3-4,11-16,18H2,1-2H3. The zero-order chi connectivity index (χ0) is 21.8. The molecule has 0 radical (unpaired) electrons. The normalized spacial score (nSPS) is 17.1. The summed E-state index contributed by atoms with van der Waals surface area (Å²) in [5.41, 5.74) is 3.76. The Morgan fingerprint density at radius 3 is 2.16 bits per heavy atom. The second-order valence-electron chi connectivity index (χ2n) is 8.89. The van der Waals surface area contributed by atoms with Crippen LogP contribution in [0.25, 0.3) is 0 Å². The first-order valence-corrected chi connectivity index (χ1v) is 11.4. The van der Waals surface area contributed by atoms with Gasteiger partial charge in [-0.1, -0.05) is 17.7 Å². The molecule has 0 spiro atoms. The second-order valence-corrected chi connectivity index (χ2v) is 8.89. The van der Waals surface area contributed by atoms with Crippen LogP contribution in [0.5, 0.6) is 5.75 Å². The van der Waals surface area contributed by atoms with Crippen molar-refractivity contribution in [3.63, 3.8) is 0 Å². The maximum atomic E-state index is 12.9. The number of hydrogen-bond acceptors (Lipinski definition) is 3. The topological polar surface area (TPSA) is 49.9 Å². The van der Waals surface area contributed by atoms with E-state index in [-0.39, 0.29) is 11.8 Å². The third kappa shape index (κ3) is 5.09. The Morgan fingerprint density at radius 1 is 0.871 bits per heavy atom. The quantitative estimate of drug-likeness (QED) is 0.717. The first-order chi connectivity index (χ1) is 15.0. The molecule has 2 aromatic rings. The van der Waals surface area contributed by atoms with Crippen LogP contribution in [0.2, 0.25) is 0 Å². The fraction of sp³-hybridized carbons (Fsp3) is 0.462. The molecule has 2 fully saturated rings. The molecule has 0 N–H and O–H groups in total. The molecule has 2 heterocycles. The van der Waals surface area contributed by atoms with Gasteiger partial charge in [0.2, 0.25) is 0 Å². The summed E-state index contributed by atoms with van der Waals surface area (Å²) in [6, 6.07) is 13.5. The first-order valence-electron chi connectivity index (χ1n) is 11.4. The lowest BCUT2D eigenvalue weighted by molar-refractivity contribution is 0.0659. The highest BCUT2D eigenvalue weighted by molar-refractivity contribution is 5.96. The average Bonchev–Trinajstić information content (AvgIpc) is 3.32. The Labute approximate surface area is 185 Å². The van der Waals surface area contributed by atoms with Crippen LogP contribution in [0.1, 0.15) is 57.5 Å². The number of benzene rings is 2. The minimum Gasteiger partial charge on any atom is -0.493 e. The van der Waals surface area contributed by atoms with E-state index in [2.05, 4.69) is 6.07 Å². The van der Waals surface area contributed by atoms with Crippen LogP contribution < -0.4 is 4.74 Å². The summed E-state index contributed by atoms with van der Waals surface area (Å²) in [4.78, 5) is 29.2. The van der Waals surface area contributed by atoms with Gasteiger partial charge < -0.3 is 14.5 Å². The van der Waals surface area contributed by atoms with Gasteiger partial charge in [0.25, 0.3) is 11.8 Å². The molecule has 0 atom stereocenters. The lowest BCUT2D eigenvalue weighted by Crippen LogP contribution is -2.40. The van der Waals surface area contributed by atoms with Crippen LogP contribution >= 0.6 is 0 Å². The maximum absolute atomic E-state index is 12.9. The van der Waals surface area contributed by atoms with E-state index < -0.39 is 0 Å². The Bertz CT molecular complexity index is 924. The first kappa shape index (κ1) is 21.4. The Hall–Kier alpha value is -2.82. The van der Waals surface area contributed by atoms with Gasteiger partial charge in [0.15, 0.2) is 0 Å². The summed E-state index contributed by atoms with van der Waals surface area (Å²) < 4.78 is 5.99. The number of nitrogens with zero attached hydrogens (tertiary/aromatic N) is 2. The van der Waals surface area contributed by atoms with Gasteiger partial charge in [-0.05, 0) is 81.3 Å². The van der Waals surface area contributed by atoms with Crippen molar-refractivity contribution in [2.75, 3.05) is 32.8 Å². The minimum atomic E-state index is 0.116. The van der Waals surface area contributed by atoms with Gasteiger partial charge in [-0.25, -0.2) is 0 Å². The number of piperidine rings is 1. The van der Waals surface area contributed by atoms with Crippen molar-refractivity contribution in [3.05, 3.63) is 64.7 Å². The van der Waals surface area contributed by atoms with Gasteiger partial charge in [-0.2, -0.15) is 0 Å². The van der Waals surface area contributed by atoms with Crippen LogP contribution in [-0.2, 0) is 0 Å². The van der Waals surface area contributed by atoms with E-state index in [1.807, 2.05) is 60.0 Å². The fourth-order valence-electron chi connectivity index (χ4n) is 4.54. The third-order valence-electron chi connectivity index (χ3n) is 6.49. The Morgan fingerprint density at radius 2 is 1.52 bits per heavy atom. The summed E-state index contributed by atoms with van der Waals surface area (Å²) >= 11 is 0. The smallest absolute Gasteiger partial charge is 0.254 e. The monoisotopic (exact) mass is 420 g/mol. The van der Waals surface area contributed by atoms with E-state index in [0.29, 0.717) is 12.5 Å². The number of likely N-dealkylation sites (tertiary alicyclic amines) is 2. The van der Waals surface area contributed by atoms with E-state index in [4.69, 9.17) is 4.74 Å². The number of carbonyl (C=O) groups excluding carboxylic acids is 2. The fourth-order valence-corrected chi connectivity index (χ4v) is 4.54. The van der Waals surface area contributed by atoms with Crippen molar-refractivity contribution in [2.24, 2.45) is 5.92 Å². The molecular formula is C26H32N2O3. The number of rotatable bonds is 5. The molecule has 0 aliphatic carbocycles. The number of amides is 2. The lowest BCUT2D eigenvalue weighted by Gasteiger charge is -2.32. The van der Waals surface area contributed by atoms with Gasteiger partial charge in [-0.15, -0.1) is 0 Å². The molecule has 4 rings (SSSR count). The second kappa shape index (κ2) is 9.54. The molecule has 0 bridgehead atoms. The summed E-state index contributed by atoms with van der Waals surface area (Å²) in [6.45, 7) is 7.96. The lowest BCUT2D eigenvalue weighted by atomic mass is 9.96. The number of hydrogen-bond donors (Lipinski definition) is 0. The molecular weight excluding hydrogens is 388 g/mol. The van der Waals surface area contributed by atoms with Gasteiger partial charge >= 0.3 is 0 Å². The van der Waals surface area contributed by atoms with Crippen molar-refractivity contribution in [1.29, 1.82) is 0 Å². The molecule has 5 heteroatoms. The number of aryl methyl sites for hydroxylation is 2. The Balaban J connectivity index is 1.24. The van der Waals surface area contributed by atoms with Gasteiger partial charge in [-0.3, -0.25) is 9.59 Å². The molecule has 2 aromatic carbocycles. The molecule has 2 aliphatic heterocycles. The summed E-state index contributed by atoms with van der Waals surface area (Å²) in [5.74, 6) is 1.49. The molecule has 0 aromatic heterocycles. The van der Waals surface area contributed by atoms with E-state index in [1.165, 1.54) is 5.56 Å². The highest BCUT2D eigenvalue weighted by atomic mass is 16.5. The molecule has 5 nitrogen and oxygen atoms in total. The molecule has 0 unspecified atom stereocenters. The van der Waals surface area contributed by atoms with Crippen LogP contribution in [0.15, 0.2) is 42.5 Å². The summed E-state index contributed by atoms with van der Waals surface area (Å²) in [7, 11) is 0. The minimum absolute atomic E-state index is 0.116. The maximum Gasteiger partial charge on any atom is 0.254 e. The summed E-state index contributed by atoms with van der Waals surface area (Å²) in [5, 5.41) is 0. The van der Waals surface area contributed by atoms with E-state index in [9.17, 15) is 9.59 Å². The van der Waals surface area contributed by atoms with Gasteiger partial charge in [0, 0.05) is 37.3 Å². The Kier molecular flexibility index (Phi) is 6.59. The van der Waals surface area contributed by atoms with Gasteiger partial charge in [0.05, 0.1) is 6.61 Å². The highest BCUT2D eigenvalue weighted by Crippen LogP contribution is 2.23. The predicted octanol–water partition coefficient (Wildman–Crippen LogP) is 4.47. The van der Waals surface area contributed by atoms with Crippen molar-refractivity contribution >= 4 is 11.8 Å². The van der Waals surface area contributed by atoms with Crippen molar-refractivity contribution in [2.45, 2.75) is 39.5 Å². The van der Waals surface area contributed by atoms with Crippen LogP contribution in [0.4, 0.5) is 0 Å². The molecule has 2 saturated heterocycles. The SMILES string of the molecule is Cc1ccc(C(=O)N2CCC(COc3ccc(C(=O)N4CCCC4)cc3)CC2)c(C)c1. The molecule has 2 amide bonds. The van der Waals surface area contributed by atoms with E-state index in [1.54, 1.807) is 0 Å². The molecule has 2 aliphatic rings. The summed E-state index contributed by atoms with van der Waals surface area (Å²) in [6.07, 6.45) is 4.09. The number of carbonyl (C=O) groups is 2. The van der Waals surface area contributed by atoms with Crippen molar-refractivity contribution in [3.8, 4) is 5.75 Å².